The van der Waals surface area contributed by atoms with Crippen molar-refractivity contribution in [2.24, 2.45) is 0 Å². The van der Waals surface area contributed by atoms with Crippen LogP contribution in [0.3, 0.4) is 0 Å². The van der Waals surface area contributed by atoms with E-state index in [-0.39, 0.29) is 32.0 Å². The maximum Gasteiger partial charge on any atom is 0 e. The van der Waals surface area contributed by atoms with Crippen molar-refractivity contribution in [2.75, 3.05) is 0 Å². The molecule has 0 saturated heterocycles. The first kappa shape index (κ1) is 12.5. The second-order valence-electron chi connectivity index (χ2n) is 1.76. The van der Waals surface area contributed by atoms with Gasteiger partial charge in [0.15, 0.2) is 0 Å². The van der Waals surface area contributed by atoms with Crippen molar-refractivity contribution in [2.45, 2.75) is 0 Å². The van der Waals surface area contributed by atoms with Gasteiger partial charge in [0.05, 0.1) is 0 Å². The van der Waals surface area contributed by atoms with Gasteiger partial charge < -0.3 is 0 Å². The van der Waals surface area contributed by atoms with Crippen LogP contribution < -0.4 is 3.73 Å². The first-order chi connectivity index (χ1) is 5.20. The van der Waals surface area contributed by atoms with Crippen LogP contribution in [0.2, 0.25) is 5.02 Å². The summed E-state index contributed by atoms with van der Waals surface area (Å²) in [7, 11) is 0. The monoisotopic (exact) mass is 325 g/mol. The summed E-state index contributed by atoms with van der Waals surface area (Å²) >= 11 is 2.30. The Bertz CT molecular complexity index is 281. The van der Waals surface area contributed by atoms with E-state index in [9.17, 15) is 3.74 Å². The number of hydrogen-bond donors (Lipinski definition) is 1. The number of halogens is 1. The molecule has 0 aromatic heterocycles. The molecule has 1 aromatic rings. The Balaban J connectivity index is 0.00000121. The quantitative estimate of drug-likeness (QED) is 0.829. The summed E-state index contributed by atoms with van der Waals surface area (Å²) in [4.78, 5) is 0. The van der Waals surface area contributed by atoms with Crippen molar-refractivity contribution >= 4 is 26.9 Å². The Morgan fingerprint density at radius 3 is 2.50 bits per heavy atom. The molecule has 1 rings (SSSR count). The average Bonchev–Trinajstić information content (AvgIpc) is 1.93. The molecule has 0 fully saturated rings. The molecular formula is C6H5AsClO3Zr. The van der Waals surface area contributed by atoms with Crippen molar-refractivity contribution < 1.29 is 37.8 Å². The fraction of sp³-hybridized carbons (Fsp3) is 0. The summed E-state index contributed by atoms with van der Waals surface area (Å²) in [6.45, 7) is 0. The number of rotatable bonds is 2. The van der Waals surface area contributed by atoms with E-state index in [1.54, 1.807) is 18.2 Å². The summed E-state index contributed by atoms with van der Waals surface area (Å²) < 4.78 is 23.3. The minimum absolute atomic E-state index is 0. The molecule has 1 radical (unpaired) electrons. The van der Waals surface area contributed by atoms with Gasteiger partial charge in [0, 0.05) is 26.2 Å². The SMILES string of the molecule is O=[As](O)Oc1ccccc1Cl.[Zr]. The van der Waals surface area contributed by atoms with Gasteiger partial charge in [-0.3, -0.25) is 0 Å². The van der Waals surface area contributed by atoms with Crippen molar-refractivity contribution in [1.82, 2.24) is 0 Å². The molecule has 1 aromatic carbocycles. The van der Waals surface area contributed by atoms with Gasteiger partial charge in [-0.25, -0.2) is 0 Å². The van der Waals surface area contributed by atoms with Crippen LogP contribution in [0.5, 0.6) is 5.75 Å². The van der Waals surface area contributed by atoms with E-state index in [4.69, 9.17) is 15.7 Å². The van der Waals surface area contributed by atoms with E-state index in [0.717, 1.165) is 0 Å². The topological polar surface area (TPSA) is 46.5 Å². The van der Waals surface area contributed by atoms with Crippen LogP contribution in [-0.4, -0.2) is 19.4 Å². The first-order valence-electron chi connectivity index (χ1n) is 2.79. The molecule has 0 aliphatic heterocycles. The van der Waals surface area contributed by atoms with E-state index in [1.807, 2.05) is 0 Å². The molecule has 6 heteroatoms. The van der Waals surface area contributed by atoms with Crippen molar-refractivity contribution in [1.29, 1.82) is 0 Å². The third-order valence-corrected chi connectivity index (χ3v) is 2.07. The smallest absolute Gasteiger partial charge is 0 e. The largest absolute Gasteiger partial charge is 0 e. The van der Waals surface area contributed by atoms with Crippen LogP contribution in [0.1, 0.15) is 0 Å². The van der Waals surface area contributed by atoms with Gasteiger partial charge in [-0.05, 0) is 0 Å². The Labute approximate surface area is 99.0 Å². The van der Waals surface area contributed by atoms with Gasteiger partial charge in [0.25, 0.3) is 0 Å². The summed E-state index contributed by atoms with van der Waals surface area (Å²) in [6.07, 6.45) is 0. The average molecular weight is 327 g/mol. The molecule has 0 aliphatic carbocycles. The van der Waals surface area contributed by atoms with Gasteiger partial charge in [-0.15, -0.1) is 0 Å². The number of para-hydroxylation sites is 1. The summed E-state index contributed by atoms with van der Waals surface area (Å²) in [5.41, 5.74) is 0. The molecule has 1 unspecified atom stereocenters. The molecule has 0 saturated carbocycles. The zero-order valence-electron chi connectivity index (χ0n) is 5.90. The Kier molecular flexibility index (Phi) is 6.30. The molecule has 0 heterocycles. The summed E-state index contributed by atoms with van der Waals surface area (Å²) in [6, 6.07) is 6.53. The van der Waals surface area contributed by atoms with Gasteiger partial charge in [0.1, 0.15) is 0 Å². The van der Waals surface area contributed by atoms with E-state index in [2.05, 4.69) is 3.73 Å². The summed E-state index contributed by atoms with van der Waals surface area (Å²) in [5, 5.41) is 0.344. The molecule has 3 nitrogen and oxygen atoms in total. The van der Waals surface area contributed by atoms with Crippen LogP contribution in [0.4, 0.5) is 0 Å². The van der Waals surface area contributed by atoms with Crippen LogP contribution >= 0.6 is 11.6 Å². The van der Waals surface area contributed by atoms with Crippen molar-refractivity contribution in [3.63, 3.8) is 0 Å². The summed E-state index contributed by atoms with van der Waals surface area (Å²) in [5.74, 6) is 0.256. The van der Waals surface area contributed by atoms with E-state index < -0.39 is 15.3 Å². The molecule has 63 valence electrons. The number of hydrogen-bond acceptors (Lipinski definition) is 2. The van der Waals surface area contributed by atoms with Gasteiger partial charge in [-0.2, -0.15) is 0 Å². The molecule has 0 amide bonds. The van der Waals surface area contributed by atoms with Crippen LogP contribution in [0, 0.1) is 0 Å². The van der Waals surface area contributed by atoms with E-state index in [0.29, 0.717) is 5.02 Å². The Hall–Kier alpha value is 0.512. The third-order valence-electron chi connectivity index (χ3n) is 1.01. The van der Waals surface area contributed by atoms with Gasteiger partial charge in [-0.1, -0.05) is 0 Å². The minimum Gasteiger partial charge on any atom is 0 e. The Morgan fingerprint density at radius 1 is 1.42 bits per heavy atom. The standard InChI is InChI=1S/C6H5AsClO3.Zr/c8-5-3-1-2-4-6(5)11-7(9)10;/h1-4H,(H,9,10);. The first-order valence-corrected chi connectivity index (χ1v) is 5.54. The molecule has 0 spiro atoms. The molecule has 1 atom stereocenters. The molecular weight excluding hydrogens is 322 g/mol. The molecule has 12 heavy (non-hydrogen) atoms. The maximum absolute atomic E-state index is 10.3. The van der Waals surface area contributed by atoms with Crippen LogP contribution in [0.25, 0.3) is 0 Å². The predicted molar refractivity (Wildman–Crippen MR) is 40.7 cm³/mol. The van der Waals surface area contributed by atoms with E-state index >= 15 is 0 Å². The normalized spacial score (nSPS) is 10.0. The van der Waals surface area contributed by atoms with Crippen molar-refractivity contribution in [3.05, 3.63) is 29.3 Å². The fourth-order valence-corrected chi connectivity index (χ4v) is 1.58. The van der Waals surface area contributed by atoms with Crippen LogP contribution in [-0.2, 0) is 29.9 Å². The Morgan fingerprint density at radius 2 is 2.00 bits per heavy atom. The molecule has 0 bridgehead atoms. The van der Waals surface area contributed by atoms with Gasteiger partial charge in [0.2, 0.25) is 0 Å². The van der Waals surface area contributed by atoms with Crippen LogP contribution in [0.15, 0.2) is 24.3 Å². The maximum atomic E-state index is 10.3. The second-order valence-corrected chi connectivity index (χ2v) is 3.55. The van der Waals surface area contributed by atoms with Crippen molar-refractivity contribution in [3.8, 4) is 5.75 Å². The number of benzene rings is 1. The zero-order chi connectivity index (χ0) is 8.27. The zero-order valence-corrected chi connectivity index (χ0v) is 11.0. The third kappa shape index (κ3) is 3.95. The van der Waals surface area contributed by atoms with Gasteiger partial charge >= 0.3 is 73.5 Å². The predicted octanol–water partition coefficient (Wildman–Crippen LogP) is 1.12. The molecule has 0 aliphatic rings. The second kappa shape index (κ2) is 6.04. The minimum atomic E-state index is -3.32. The van der Waals surface area contributed by atoms with E-state index in [1.165, 1.54) is 6.07 Å². The molecule has 1 N–H and O–H groups in total. The fourth-order valence-electron chi connectivity index (χ4n) is 0.603.